The van der Waals surface area contributed by atoms with E-state index in [1.54, 1.807) is 18.3 Å². The van der Waals surface area contributed by atoms with Gasteiger partial charge in [-0.25, -0.2) is 4.98 Å². The third kappa shape index (κ3) is 1.61. The first-order valence-electron chi connectivity index (χ1n) is 5.79. The molecule has 1 aliphatic heterocycles. The zero-order valence-electron chi connectivity index (χ0n) is 9.37. The quantitative estimate of drug-likeness (QED) is 0.788. The number of phenols is 1. The van der Waals surface area contributed by atoms with Crippen LogP contribution in [0.15, 0.2) is 30.5 Å². The predicted octanol–water partition coefficient (Wildman–Crippen LogP) is 2.08. The van der Waals surface area contributed by atoms with Gasteiger partial charge in [-0.2, -0.15) is 0 Å². The maximum Gasteiger partial charge on any atom is 0.143 e. The average Bonchev–Trinajstić information content (AvgIpc) is 2.75. The number of aromatic nitrogens is 2. The van der Waals surface area contributed by atoms with Crippen LogP contribution in [0.25, 0.3) is 11.4 Å². The van der Waals surface area contributed by atoms with E-state index in [2.05, 4.69) is 4.98 Å². The van der Waals surface area contributed by atoms with E-state index in [-0.39, 0.29) is 5.75 Å². The number of imidazole rings is 1. The summed E-state index contributed by atoms with van der Waals surface area (Å²) in [4.78, 5) is 4.32. The first kappa shape index (κ1) is 10.4. The standard InChI is InChI=1S/C13H14N2O2/c16-11-5-2-1-4-9(11)13-14-8-10-12(17)6-3-7-15(10)13/h1-2,4-5,8,12,16-17H,3,6-7H2. The van der Waals surface area contributed by atoms with E-state index in [9.17, 15) is 10.2 Å². The van der Waals surface area contributed by atoms with Gasteiger partial charge in [-0.1, -0.05) is 12.1 Å². The molecule has 0 radical (unpaired) electrons. The summed E-state index contributed by atoms with van der Waals surface area (Å²) in [6.07, 6.45) is 2.98. The van der Waals surface area contributed by atoms with Crippen molar-refractivity contribution < 1.29 is 10.2 Å². The minimum Gasteiger partial charge on any atom is -0.507 e. The highest BCUT2D eigenvalue weighted by Crippen LogP contribution is 2.33. The van der Waals surface area contributed by atoms with Crippen LogP contribution in [0.4, 0.5) is 0 Å². The Morgan fingerprint density at radius 1 is 1.29 bits per heavy atom. The first-order valence-corrected chi connectivity index (χ1v) is 5.79. The number of benzene rings is 1. The third-order valence-electron chi connectivity index (χ3n) is 3.23. The summed E-state index contributed by atoms with van der Waals surface area (Å²) in [5.74, 6) is 0.956. The molecule has 0 saturated carbocycles. The zero-order chi connectivity index (χ0) is 11.8. The normalized spacial score (nSPS) is 19.0. The van der Waals surface area contributed by atoms with Crippen LogP contribution >= 0.6 is 0 Å². The molecule has 0 fully saturated rings. The second-order valence-corrected chi connectivity index (χ2v) is 4.33. The molecule has 1 unspecified atom stereocenters. The minimum absolute atomic E-state index is 0.223. The molecule has 0 spiro atoms. The van der Waals surface area contributed by atoms with Gasteiger partial charge < -0.3 is 14.8 Å². The molecule has 1 aliphatic rings. The van der Waals surface area contributed by atoms with E-state index < -0.39 is 6.10 Å². The molecule has 0 amide bonds. The number of nitrogens with zero attached hydrogens (tertiary/aromatic N) is 2. The van der Waals surface area contributed by atoms with Crippen molar-refractivity contribution in [1.29, 1.82) is 0 Å². The Kier molecular flexibility index (Phi) is 2.37. The van der Waals surface area contributed by atoms with Gasteiger partial charge in [-0.3, -0.25) is 0 Å². The molecular weight excluding hydrogens is 216 g/mol. The SMILES string of the molecule is Oc1ccccc1-c1ncc2n1CCCC2O. The van der Waals surface area contributed by atoms with Crippen LogP contribution in [-0.4, -0.2) is 19.8 Å². The van der Waals surface area contributed by atoms with Gasteiger partial charge in [0.1, 0.15) is 11.6 Å². The molecule has 2 aromatic rings. The van der Waals surface area contributed by atoms with Gasteiger partial charge in [-0.05, 0) is 25.0 Å². The first-order chi connectivity index (χ1) is 8.27. The van der Waals surface area contributed by atoms with E-state index in [0.717, 1.165) is 30.9 Å². The molecule has 0 aliphatic carbocycles. The number of aromatic hydroxyl groups is 1. The Morgan fingerprint density at radius 2 is 2.12 bits per heavy atom. The van der Waals surface area contributed by atoms with Gasteiger partial charge >= 0.3 is 0 Å². The van der Waals surface area contributed by atoms with Crippen molar-refractivity contribution in [2.24, 2.45) is 0 Å². The number of fused-ring (bicyclic) bond motifs is 1. The molecule has 17 heavy (non-hydrogen) atoms. The van der Waals surface area contributed by atoms with Crippen molar-refractivity contribution in [2.45, 2.75) is 25.5 Å². The number of aliphatic hydroxyl groups excluding tert-OH is 1. The van der Waals surface area contributed by atoms with Crippen LogP contribution in [0.2, 0.25) is 0 Å². The van der Waals surface area contributed by atoms with Crippen LogP contribution in [0, 0.1) is 0 Å². The number of hydrogen-bond donors (Lipinski definition) is 2. The van der Waals surface area contributed by atoms with Gasteiger partial charge in [0.15, 0.2) is 0 Å². The van der Waals surface area contributed by atoms with Gasteiger partial charge in [0.2, 0.25) is 0 Å². The van der Waals surface area contributed by atoms with E-state index in [4.69, 9.17) is 0 Å². The summed E-state index contributed by atoms with van der Waals surface area (Å²) in [6.45, 7) is 0.843. The predicted molar refractivity (Wildman–Crippen MR) is 63.5 cm³/mol. The number of para-hydroxylation sites is 1. The highest BCUT2D eigenvalue weighted by Gasteiger charge is 2.22. The lowest BCUT2D eigenvalue weighted by molar-refractivity contribution is 0.139. The van der Waals surface area contributed by atoms with Gasteiger partial charge in [-0.15, -0.1) is 0 Å². The zero-order valence-corrected chi connectivity index (χ0v) is 9.37. The molecule has 4 nitrogen and oxygen atoms in total. The number of aliphatic hydroxyl groups is 1. The second-order valence-electron chi connectivity index (χ2n) is 4.33. The Balaban J connectivity index is 2.14. The molecular formula is C13H14N2O2. The Morgan fingerprint density at radius 3 is 2.94 bits per heavy atom. The molecule has 3 rings (SSSR count). The molecule has 88 valence electrons. The second kappa shape index (κ2) is 3.89. The topological polar surface area (TPSA) is 58.3 Å². The molecule has 2 heterocycles. The number of hydrogen-bond acceptors (Lipinski definition) is 3. The van der Waals surface area contributed by atoms with Crippen molar-refractivity contribution in [3.05, 3.63) is 36.2 Å². The molecule has 2 N–H and O–H groups in total. The smallest absolute Gasteiger partial charge is 0.143 e. The largest absolute Gasteiger partial charge is 0.507 e. The van der Waals surface area contributed by atoms with Crippen molar-refractivity contribution >= 4 is 0 Å². The van der Waals surface area contributed by atoms with E-state index in [0.29, 0.717) is 5.56 Å². The minimum atomic E-state index is -0.434. The average molecular weight is 230 g/mol. The van der Waals surface area contributed by atoms with E-state index >= 15 is 0 Å². The van der Waals surface area contributed by atoms with Gasteiger partial charge in [0.05, 0.1) is 23.6 Å². The Hall–Kier alpha value is -1.81. The van der Waals surface area contributed by atoms with Crippen molar-refractivity contribution in [2.75, 3.05) is 0 Å². The monoisotopic (exact) mass is 230 g/mol. The fourth-order valence-corrected chi connectivity index (χ4v) is 2.36. The van der Waals surface area contributed by atoms with E-state index in [1.807, 2.05) is 16.7 Å². The molecule has 1 aromatic heterocycles. The summed E-state index contributed by atoms with van der Waals surface area (Å²) >= 11 is 0. The molecule has 0 bridgehead atoms. The fourth-order valence-electron chi connectivity index (χ4n) is 2.36. The highest BCUT2D eigenvalue weighted by molar-refractivity contribution is 5.64. The molecule has 4 heteroatoms. The highest BCUT2D eigenvalue weighted by atomic mass is 16.3. The van der Waals surface area contributed by atoms with Gasteiger partial charge in [0, 0.05) is 6.54 Å². The lowest BCUT2D eigenvalue weighted by Gasteiger charge is -2.21. The molecule has 1 atom stereocenters. The van der Waals surface area contributed by atoms with E-state index in [1.165, 1.54) is 0 Å². The third-order valence-corrected chi connectivity index (χ3v) is 3.23. The van der Waals surface area contributed by atoms with Gasteiger partial charge in [0.25, 0.3) is 0 Å². The van der Waals surface area contributed by atoms with Crippen LogP contribution in [0.3, 0.4) is 0 Å². The van der Waals surface area contributed by atoms with Crippen LogP contribution < -0.4 is 0 Å². The van der Waals surface area contributed by atoms with Crippen LogP contribution in [-0.2, 0) is 6.54 Å². The maximum absolute atomic E-state index is 9.87. The van der Waals surface area contributed by atoms with Crippen LogP contribution in [0.5, 0.6) is 5.75 Å². The lowest BCUT2D eigenvalue weighted by Crippen LogP contribution is -2.15. The maximum atomic E-state index is 9.87. The summed E-state index contributed by atoms with van der Waals surface area (Å²) < 4.78 is 1.99. The molecule has 1 aromatic carbocycles. The Bertz CT molecular complexity index is 548. The molecule has 0 saturated heterocycles. The summed E-state index contributed by atoms with van der Waals surface area (Å²) in [5.41, 5.74) is 1.56. The number of phenolic OH excluding ortho intramolecular Hbond substituents is 1. The fraction of sp³-hybridized carbons (Fsp3) is 0.308. The summed E-state index contributed by atoms with van der Waals surface area (Å²) in [6, 6.07) is 7.14. The number of rotatable bonds is 1. The lowest BCUT2D eigenvalue weighted by atomic mass is 10.1. The van der Waals surface area contributed by atoms with Crippen molar-refractivity contribution in [3.63, 3.8) is 0 Å². The van der Waals surface area contributed by atoms with Crippen LogP contribution in [0.1, 0.15) is 24.6 Å². The summed E-state index contributed by atoms with van der Waals surface area (Å²) in [5, 5.41) is 19.7. The van der Waals surface area contributed by atoms with Crippen molar-refractivity contribution in [1.82, 2.24) is 9.55 Å². The Labute approximate surface area is 99.2 Å². The van der Waals surface area contributed by atoms with Crippen molar-refractivity contribution in [3.8, 4) is 17.1 Å². The summed E-state index contributed by atoms with van der Waals surface area (Å²) in [7, 11) is 0.